The minimum absolute atomic E-state index is 0.511. The number of rotatable bonds is 9. The molecule has 0 radical (unpaired) electrons. The van der Waals surface area contributed by atoms with Crippen LogP contribution < -0.4 is 0 Å². The van der Waals surface area contributed by atoms with Crippen molar-refractivity contribution >= 4 is 17.9 Å². The lowest BCUT2D eigenvalue weighted by Crippen LogP contribution is -2.40. The number of carbonyl (C=O) groups is 3. The van der Waals surface area contributed by atoms with Gasteiger partial charge >= 0.3 is 35.8 Å². The van der Waals surface area contributed by atoms with Crippen LogP contribution in [0.4, 0.5) is 0 Å². The van der Waals surface area contributed by atoms with Gasteiger partial charge in [-0.2, -0.15) is 0 Å². The summed E-state index contributed by atoms with van der Waals surface area (Å²) in [6, 6.07) is 1.93. The molecular formula is C15H18O15. The van der Waals surface area contributed by atoms with Gasteiger partial charge in [-0.05, 0) is 18.2 Å². The van der Waals surface area contributed by atoms with Crippen molar-refractivity contribution in [1.82, 2.24) is 0 Å². The van der Waals surface area contributed by atoms with E-state index in [1.807, 2.05) is 0 Å². The van der Waals surface area contributed by atoms with Gasteiger partial charge in [-0.1, -0.05) is 0 Å². The van der Waals surface area contributed by atoms with Crippen molar-refractivity contribution in [3.63, 3.8) is 0 Å². The van der Waals surface area contributed by atoms with Crippen LogP contribution in [0.2, 0.25) is 0 Å². The number of benzene rings is 1. The van der Waals surface area contributed by atoms with E-state index in [4.69, 9.17) is 25.5 Å². The molecule has 0 heterocycles. The first-order chi connectivity index (χ1) is 13.7. The molecule has 168 valence electrons. The maximum Gasteiger partial charge on any atom is 0.348 e. The lowest BCUT2D eigenvalue weighted by Gasteiger charge is -2.22. The van der Waals surface area contributed by atoms with Gasteiger partial charge in [0.05, 0.1) is 16.7 Å². The average molecular weight is 438 g/mol. The summed E-state index contributed by atoms with van der Waals surface area (Å²) in [5.74, 6) is -15.0. The Hall–Kier alpha value is -2.73. The van der Waals surface area contributed by atoms with Crippen LogP contribution in [0.1, 0.15) is 31.1 Å². The fourth-order valence-corrected chi connectivity index (χ4v) is 1.73. The van der Waals surface area contributed by atoms with Crippen molar-refractivity contribution in [2.75, 3.05) is 19.8 Å². The molecular weight excluding hydrogens is 420 g/mol. The third kappa shape index (κ3) is 6.95. The summed E-state index contributed by atoms with van der Waals surface area (Å²) in [6.45, 7) is -4.41. The van der Waals surface area contributed by atoms with Gasteiger partial charge in [0.1, 0.15) is 19.8 Å². The standard InChI is InChI=1S/C15H18O15/c16-4-13(22,23)28-10(19)7-1-2-8(11(20)29-14(24,25)5-17)9(3-7)12(21)30-15(26,27)6-18/h1-3,16-18,22-27H,4-6H2. The van der Waals surface area contributed by atoms with Gasteiger partial charge in [-0.15, -0.1) is 0 Å². The summed E-state index contributed by atoms with van der Waals surface area (Å²) in [7, 11) is 0. The molecule has 9 N–H and O–H groups in total. The largest absolute Gasteiger partial charge is 0.402 e. The fraction of sp³-hybridized carbons (Fsp3) is 0.400. The van der Waals surface area contributed by atoms with Crippen LogP contribution in [0.25, 0.3) is 0 Å². The molecule has 0 amide bonds. The molecule has 0 saturated heterocycles. The highest BCUT2D eigenvalue weighted by Crippen LogP contribution is 2.20. The van der Waals surface area contributed by atoms with E-state index in [0.29, 0.717) is 12.1 Å². The van der Waals surface area contributed by atoms with Gasteiger partial charge in [0.15, 0.2) is 0 Å². The zero-order valence-electron chi connectivity index (χ0n) is 14.8. The zero-order chi connectivity index (χ0) is 23.3. The maximum atomic E-state index is 12.2. The monoisotopic (exact) mass is 438 g/mol. The smallest absolute Gasteiger partial charge is 0.348 e. The summed E-state index contributed by atoms with van der Waals surface area (Å²) in [5, 5.41) is 81.2. The second kappa shape index (κ2) is 9.39. The van der Waals surface area contributed by atoms with Crippen LogP contribution in [0.5, 0.6) is 0 Å². The summed E-state index contributed by atoms with van der Waals surface area (Å²) in [4.78, 5) is 36.2. The second-order valence-corrected chi connectivity index (χ2v) is 5.63. The van der Waals surface area contributed by atoms with Crippen molar-refractivity contribution < 1.29 is 74.6 Å². The van der Waals surface area contributed by atoms with Gasteiger partial charge in [0.2, 0.25) is 0 Å². The SMILES string of the molecule is O=C(OC(O)(O)CO)c1ccc(C(=O)OC(O)(O)CO)c(C(=O)OC(O)(O)CO)c1. The molecule has 30 heavy (non-hydrogen) atoms. The highest BCUT2D eigenvalue weighted by molar-refractivity contribution is 6.05. The number of esters is 3. The van der Waals surface area contributed by atoms with Gasteiger partial charge in [0.25, 0.3) is 0 Å². The molecule has 0 aliphatic rings. The van der Waals surface area contributed by atoms with Crippen LogP contribution in [0.3, 0.4) is 0 Å². The van der Waals surface area contributed by atoms with Crippen molar-refractivity contribution in [3.8, 4) is 0 Å². The molecule has 15 heteroatoms. The Morgan fingerprint density at radius 3 is 1.40 bits per heavy atom. The van der Waals surface area contributed by atoms with Gasteiger partial charge in [0, 0.05) is 0 Å². The number of aliphatic hydroxyl groups excluding tert-OH is 3. The molecule has 0 aliphatic heterocycles. The lowest BCUT2D eigenvalue weighted by atomic mass is 10.0. The Labute approximate surface area is 166 Å². The number of carbonyl (C=O) groups excluding carboxylic acids is 3. The Balaban J connectivity index is 3.39. The van der Waals surface area contributed by atoms with E-state index in [-0.39, 0.29) is 0 Å². The molecule has 1 aromatic rings. The third-order valence-corrected chi connectivity index (χ3v) is 3.08. The highest BCUT2D eigenvalue weighted by atomic mass is 16.8. The Bertz CT molecular complexity index is 797. The van der Waals surface area contributed by atoms with E-state index < -0.39 is 72.3 Å². The Kier molecular flexibility index (Phi) is 7.92. The fourth-order valence-electron chi connectivity index (χ4n) is 1.73. The van der Waals surface area contributed by atoms with Crippen molar-refractivity contribution in [1.29, 1.82) is 0 Å². The summed E-state index contributed by atoms with van der Waals surface area (Å²) in [5.41, 5.74) is -2.49. The quantitative estimate of drug-likeness (QED) is 0.0993. The molecule has 0 bridgehead atoms. The summed E-state index contributed by atoms with van der Waals surface area (Å²) >= 11 is 0. The van der Waals surface area contributed by atoms with Crippen LogP contribution in [0, 0.1) is 0 Å². The van der Waals surface area contributed by atoms with E-state index in [0.717, 1.165) is 6.07 Å². The second-order valence-electron chi connectivity index (χ2n) is 5.63. The molecule has 0 saturated carbocycles. The molecule has 0 fully saturated rings. The molecule has 0 atom stereocenters. The minimum atomic E-state index is -3.42. The minimum Gasteiger partial charge on any atom is -0.402 e. The summed E-state index contributed by atoms with van der Waals surface area (Å²) < 4.78 is 12.4. The lowest BCUT2D eigenvalue weighted by molar-refractivity contribution is -0.323. The molecule has 15 nitrogen and oxygen atoms in total. The van der Waals surface area contributed by atoms with Gasteiger partial charge in [-0.3, -0.25) is 0 Å². The number of hydrogen-bond acceptors (Lipinski definition) is 15. The molecule has 1 rings (SSSR count). The van der Waals surface area contributed by atoms with E-state index in [9.17, 15) is 34.8 Å². The predicted molar refractivity (Wildman–Crippen MR) is 85.5 cm³/mol. The topological polar surface area (TPSA) is 261 Å². The first-order valence-corrected chi connectivity index (χ1v) is 7.68. The van der Waals surface area contributed by atoms with Crippen LogP contribution in [0.15, 0.2) is 18.2 Å². The van der Waals surface area contributed by atoms with E-state index in [2.05, 4.69) is 14.2 Å². The first-order valence-electron chi connectivity index (χ1n) is 7.68. The molecule has 1 aromatic carbocycles. The van der Waals surface area contributed by atoms with Gasteiger partial charge < -0.3 is 60.2 Å². The molecule has 0 unspecified atom stereocenters. The Morgan fingerprint density at radius 1 is 0.633 bits per heavy atom. The normalized spacial score (nSPS) is 12.3. The molecule has 0 aliphatic carbocycles. The van der Waals surface area contributed by atoms with Crippen LogP contribution in [-0.2, 0) is 14.2 Å². The van der Waals surface area contributed by atoms with Gasteiger partial charge in [-0.25, -0.2) is 14.4 Å². The first kappa shape index (κ1) is 25.3. The van der Waals surface area contributed by atoms with Crippen LogP contribution in [-0.4, -0.2) is 102 Å². The van der Waals surface area contributed by atoms with Crippen molar-refractivity contribution in [2.45, 2.75) is 17.9 Å². The Morgan fingerprint density at radius 2 is 1.00 bits per heavy atom. The zero-order valence-corrected chi connectivity index (χ0v) is 14.8. The van der Waals surface area contributed by atoms with Crippen molar-refractivity contribution in [2.24, 2.45) is 0 Å². The number of ether oxygens (including phenoxy) is 3. The van der Waals surface area contributed by atoms with E-state index in [1.165, 1.54) is 0 Å². The van der Waals surface area contributed by atoms with E-state index >= 15 is 0 Å². The van der Waals surface area contributed by atoms with Crippen molar-refractivity contribution in [3.05, 3.63) is 34.9 Å². The average Bonchev–Trinajstić information content (AvgIpc) is 2.66. The predicted octanol–water partition coefficient (Wildman–Crippen LogP) is -4.95. The van der Waals surface area contributed by atoms with E-state index in [1.54, 1.807) is 0 Å². The maximum absolute atomic E-state index is 12.2. The summed E-state index contributed by atoms with van der Waals surface area (Å²) in [6.07, 6.45) is 0. The van der Waals surface area contributed by atoms with Crippen LogP contribution >= 0.6 is 0 Å². The number of aliphatic hydroxyl groups is 9. The third-order valence-electron chi connectivity index (χ3n) is 3.08. The molecule has 0 spiro atoms. The highest BCUT2D eigenvalue weighted by Gasteiger charge is 2.35. The number of hydrogen-bond donors (Lipinski definition) is 9. The molecule has 0 aromatic heterocycles.